The van der Waals surface area contributed by atoms with Crippen molar-refractivity contribution in [1.29, 1.82) is 0 Å². The van der Waals surface area contributed by atoms with Gasteiger partial charge in [0.2, 0.25) is 5.91 Å². The lowest BCUT2D eigenvalue weighted by Crippen LogP contribution is -2.32. The molecule has 0 radical (unpaired) electrons. The summed E-state index contributed by atoms with van der Waals surface area (Å²) >= 11 is 0. The fourth-order valence-electron chi connectivity index (χ4n) is 5.29. The highest BCUT2D eigenvalue weighted by Gasteiger charge is 2.55. The van der Waals surface area contributed by atoms with E-state index in [9.17, 15) is 9.59 Å². The van der Waals surface area contributed by atoms with E-state index in [1.807, 2.05) is 41.3 Å². The molecule has 2 aliphatic heterocycles. The maximum atomic E-state index is 12.8. The number of aryl methyl sites for hydroxylation is 1. The Bertz CT molecular complexity index is 1160. The molecule has 0 N–H and O–H groups in total. The van der Waals surface area contributed by atoms with Crippen LogP contribution in [0.5, 0.6) is 0 Å². The van der Waals surface area contributed by atoms with Crippen LogP contribution < -0.4 is 0 Å². The molecule has 0 bridgehead atoms. The number of rotatable bonds is 6. The summed E-state index contributed by atoms with van der Waals surface area (Å²) in [5.74, 6) is 1.98. The van der Waals surface area contributed by atoms with Gasteiger partial charge in [0.05, 0.1) is 17.7 Å². The van der Waals surface area contributed by atoms with Crippen LogP contribution in [0.2, 0.25) is 0 Å². The number of fused-ring (bicyclic) bond motifs is 2. The van der Waals surface area contributed by atoms with E-state index < -0.39 is 0 Å². The largest absolute Gasteiger partial charge is 0.457 e. The molecule has 1 amide bonds. The number of hydrogen-bond acceptors (Lipinski definition) is 6. The molecule has 2 unspecified atom stereocenters. The van der Waals surface area contributed by atoms with Gasteiger partial charge in [0, 0.05) is 18.7 Å². The number of aromatic nitrogens is 4. The lowest BCUT2D eigenvalue weighted by molar-refractivity contribution is -0.130. The first-order valence-electron chi connectivity index (χ1n) is 11.0. The Kier molecular flexibility index (Phi) is 4.52. The Labute approximate surface area is 185 Å². The Hall–Kier alpha value is -3.55. The van der Waals surface area contributed by atoms with E-state index in [4.69, 9.17) is 4.74 Å². The van der Waals surface area contributed by atoms with Crippen molar-refractivity contribution >= 4 is 11.9 Å². The number of hydrogen-bond donors (Lipinski definition) is 0. The van der Waals surface area contributed by atoms with Crippen LogP contribution in [0.1, 0.15) is 33.5 Å². The lowest BCUT2D eigenvalue weighted by Gasteiger charge is -2.20. The second kappa shape index (κ2) is 7.55. The van der Waals surface area contributed by atoms with Crippen LogP contribution in [0.3, 0.4) is 0 Å². The Morgan fingerprint density at radius 1 is 1.06 bits per heavy atom. The molecule has 0 spiro atoms. The van der Waals surface area contributed by atoms with E-state index in [-0.39, 0.29) is 11.9 Å². The number of cyclic esters (lactones) is 1. The zero-order chi connectivity index (χ0) is 21.7. The molecule has 1 aliphatic carbocycles. The van der Waals surface area contributed by atoms with Crippen LogP contribution in [-0.4, -0.2) is 50.1 Å². The van der Waals surface area contributed by atoms with Crippen LogP contribution in [-0.2, 0) is 29.0 Å². The second-order valence-electron chi connectivity index (χ2n) is 8.99. The molecule has 162 valence electrons. The van der Waals surface area contributed by atoms with Gasteiger partial charge in [-0.3, -0.25) is 4.79 Å². The van der Waals surface area contributed by atoms with Crippen molar-refractivity contribution in [2.75, 3.05) is 13.1 Å². The third-order valence-corrected chi connectivity index (χ3v) is 7.14. The third kappa shape index (κ3) is 3.45. The molecular formula is C24H23N5O3. The van der Waals surface area contributed by atoms with Crippen molar-refractivity contribution in [3.63, 3.8) is 0 Å². The Morgan fingerprint density at radius 2 is 1.84 bits per heavy atom. The van der Waals surface area contributed by atoms with Gasteiger partial charge in [-0.2, -0.15) is 0 Å². The van der Waals surface area contributed by atoms with E-state index >= 15 is 0 Å². The highest BCUT2D eigenvalue weighted by atomic mass is 16.5. The molecule has 8 nitrogen and oxygen atoms in total. The SMILES string of the molecule is O=C1OCc2cc(CCC3C4CN(C(=O)Cc5ccc(-n6cnnn6)cc5)CC34)ccc21. The van der Waals surface area contributed by atoms with Crippen molar-refractivity contribution in [2.45, 2.75) is 25.9 Å². The predicted octanol–water partition coefficient (Wildman–Crippen LogP) is 2.21. The summed E-state index contributed by atoms with van der Waals surface area (Å²) in [6.45, 7) is 2.15. The van der Waals surface area contributed by atoms with Gasteiger partial charge in [-0.1, -0.05) is 24.3 Å². The molecule has 32 heavy (non-hydrogen) atoms. The summed E-state index contributed by atoms with van der Waals surface area (Å²) in [6, 6.07) is 13.8. The number of esters is 1. The number of benzene rings is 2. The number of carbonyl (C=O) groups is 2. The number of piperidine rings is 1. The number of tetrazole rings is 1. The number of likely N-dealkylation sites (tertiary alicyclic amines) is 1. The van der Waals surface area contributed by atoms with Gasteiger partial charge in [0.15, 0.2) is 0 Å². The summed E-state index contributed by atoms with van der Waals surface area (Å²) in [5.41, 5.74) is 4.86. The molecule has 1 saturated carbocycles. The summed E-state index contributed by atoms with van der Waals surface area (Å²) < 4.78 is 6.68. The van der Waals surface area contributed by atoms with E-state index in [1.54, 1.807) is 11.0 Å². The molecule has 3 aliphatic rings. The van der Waals surface area contributed by atoms with Gasteiger partial charge < -0.3 is 9.64 Å². The average molecular weight is 429 g/mol. The first kappa shape index (κ1) is 19.2. The second-order valence-corrected chi connectivity index (χ2v) is 8.99. The highest BCUT2D eigenvalue weighted by molar-refractivity contribution is 5.93. The fraction of sp³-hybridized carbons (Fsp3) is 0.375. The Balaban J connectivity index is 0.988. The molecule has 2 fully saturated rings. The van der Waals surface area contributed by atoms with Gasteiger partial charge in [0.25, 0.3) is 0 Å². The minimum Gasteiger partial charge on any atom is -0.457 e. The minimum atomic E-state index is -0.212. The molecule has 3 heterocycles. The van der Waals surface area contributed by atoms with Crippen molar-refractivity contribution in [3.8, 4) is 5.69 Å². The zero-order valence-corrected chi connectivity index (χ0v) is 17.6. The minimum absolute atomic E-state index is 0.203. The van der Waals surface area contributed by atoms with Crippen LogP contribution in [0.25, 0.3) is 5.69 Å². The van der Waals surface area contributed by atoms with Gasteiger partial charge >= 0.3 is 5.97 Å². The first-order valence-corrected chi connectivity index (χ1v) is 11.0. The molecule has 2 aromatic carbocycles. The van der Waals surface area contributed by atoms with E-state index in [2.05, 4.69) is 21.6 Å². The van der Waals surface area contributed by atoms with E-state index in [0.29, 0.717) is 36.3 Å². The van der Waals surface area contributed by atoms with Crippen molar-refractivity contribution in [3.05, 3.63) is 71.0 Å². The number of carbonyl (C=O) groups excluding carboxylic acids is 2. The summed E-state index contributed by atoms with van der Waals surface area (Å²) in [6.07, 6.45) is 4.13. The average Bonchev–Trinajstić information content (AvgIpc) is 3.30. The van der Waals surface area contributed by atoms with Gasteiger partial charge in [-0.05, 0) is 70.3 Å². The molecule has 6 rings (SSSR count). The summed E-state index contributed by atoms with van der Waals surface area (Å²) in [4.78, 5) is 26.4. The number of ether oxygens (including phenoxy) is 1. The molecule has 1 saturated heterocycles. The summed E-state index contributed by atoms with van der Waals surface area (Å²) in [5, 5.41) is 11.2. The van der Waals surface area contributed by atoms with Crippen LogP contribution >= 0.6 is 0 Å². The quantitative estimate of drug-likeness (QED) is 0.558. The van der Waals surface area contributed by atoms with E-state index in [1.165, 1.54) is 5.56 Å². The van der Waals surface area contributed by atoms with Crippen molar-refractivity contribution in [2.24, 2.45) is 17.8 Å². The van der Waals surface area contributed by atoms with Crippen LogP contribution in [0, 0.1) is 17.8 Å². The van der Waals surface area contributed by atoms with Crippen LogP contribution in [0.15, 0.2) is 48.8 Å². The fourth-order valence-corrected chi connectivity index (χ4v) is 5.29. The maximum Gasteiger partial charge on any atom is 0.338 e. The molecule has 8 heteroatoms. The maximum absolute atomic E-state index is 12.8. The zero-order valence-electron chi connectivity index (χ0n) is 17.6. The summed E-state index contributed by atoms with van der Waals surface area (Å²) in [7, 11) is 0. The van der Waals surface area contributed by atoms with Crippen molar-refractivity contribution in [1.82, 2.24) is 25.1 Å². The monoisotopic (exact) mass is 429 g/mol. The third-order valence-electron chi connectivity index (χ3n) is 7.14. The topological polar surface area (TPSA) is 90.2 Å². The van der Waals surface area contributed by atoms with Gasteiger partial charge in [-0.15, -0.1) is 5.10 Å². The highest BCUT2D eigenvalue weighted by Crippen LogP contribution is 2.54. The predicted molar refractivity (Wildman–Crippen MR) is 114 cm³/mol. The lowest BCUT2D eigenvalue weighted by atomic mass is 10.0. The molecule has 3 aromatic rings. The standard InChI is InChI=1S/C24H23N5O3/c30-23(10-16-1-5-18(6-2-16)29-14-25-26-27-29)28-11-21-20(22(21)12-28)8-4-15-3-7-19-17(9-15)13-32-24(19)31/h1-3,5-7,9,14,20-22H,4,8,10-13H2. The Morgan fingerprint density at radius 3 is 2.59 bits per heavy atom. The van der Waals surface area contributed by atoms with Crippen molar-refractivity contribution < 1.29 is 14.3 Å². The molecule has 2 atom stereocenters. The number of amides is 1. The molecular weight excluding hydrogens is 406 g/mol. The van der Waals surface area contributed by atoms with Gasteiger partial charge in [0.1, 0.15) is 12.9 Å². The van der Waals surface area contributed by atoms with Gasteiger partial charge in [-0.25, -0.2) is 9.48 Å². The van der Waals surface area contributed by atoms with E-state index in [0.717, 1.165) is 42.7 Å². The van der Waals surface area contributed by atoms with Crippen LogP contribution in [0.4, 0.5) is 0 Å². The molecule has 1 aromatic heterocycles. The normalized spacial score (nSPS) is 23.1. The first-order chi connectivity index (χ1) is 15.7. The number of nitrogens with zero attached hydrogens (tertiary/aromatic N) is 5. The smallest absolute Gasteiger partial charge is 0.338 e.